The van der Waals surface area contributed by atoms with Gasteiger partial charge in [-0.1, -0.05) is 36.4 Å². The summed E-state index contributed by atoms with van der Waals surface area (Å²) in [5, 5.41) is 8.67. The molecule has 6 heteroatoms. The van der Waals surface area contributed by atoms with Gasteiger partial charge in [-0.3, -0.25) is 14.5 Å². The Labute approximate surface area is 154 Å². The van der Waals surface area contributed by atoms with Crippen LogP contribution in [0, 0.1) is 0 Å². The number of aromatic carboxylic acids is 1. The lowest BCUT2D eigenvalue weighted by Crippen LogP contribution is -2.27. The molecule has 0 radical (unpaired) electrons. The fraction of sp³-hybridized carbons (Fsp3) is 0.0500. The number of rotatable bonds is 5. The average molecular weight is 365 g/mol. The molecule has 0 atom stereocenters. The second-order valence-electron chi connectivity index (χ2n) is 5.59. The van der Waals surface area contributed by atoms with Crippen molar-refractivity contribution in [2.24, 2.45) is 0 Å². The number of carbonyl (C=O) groups is 3. The molecule has 3 rings (SSSR count). The molecular weight excluding hydrogens is 350 g/mol. The second kappa shape index (κ2) is 7.41. The summed E-state index contributed by atoms with van der Waals surface area (Å²) in [6.07, 6.45) is 3.20. The van der Waals surface area contributed by atoms with Gasteiger partial charge in [-0.25, -0.2) is 4.79 Å². The smallest absolute Gasteiger partial charge is 0.335 e. The Kier molecular flexibility index (Phi) is 5.04. The number of thioether (sulfide) groups is 1. The van der Waals surface area contributed by atoms with E-state index in [4.69, 9.17) is 5.11 Å². The Balaban J connectivity index is 1.88. The Morgan fingerprint density at radius 2 is 1.85 bits per heavy atom. The van der Waals surface area contributed by atoms with Gasteiger partial charge in [0.05, 0.1) is 10.5 Å². The van der Waals surface area contributed by atoms with Crippen LogP contribution in [0.3, 0.4) is 0 Å². The van der Waals surface area contributed by atoms with E-state index in [-0.39, 0.29) is 23.3 Å². The van der Waals surface area contributed by atoms with Crippen molar-refractivity contribution in [3.8, 4) is 11.1 Å². The number of hydrogen-bond acceptors (Lipinski definition) is 4. The molecule has 0 aromatic heterocycles. The molecule has 1 aliphatic rings. The van der Waals surface area contributed by atoms with Gasteiger partial charge in [0.2, 0.25) is 0 Å². The van der Waals surface area contributed by atoms with Crippen LogP contribution in [0.5, 0.6) is 0 Å². The highest BCUT2D eigenvalue weighted by Crippen LogP contribution is 2.32. The van der Waals surface area contributed by atoms with Crippen molar-refractivity contribution in [3.05, 3.63) is 77.2 Å². The molecule has 1 fully saturated rings. The predicted octanol–water partition coefficient (Wildman–Crippen LogP) is 4.27. The summed E-state index contributed by atoms with van der Waals surface area (Å²) < 4.78 is 0. The van der Waals surface area contributed by atoms with Gasteiger partial charge in [-0.15, -0.1) is 6.58 Å². The molecule has 0 saturated carbocycles. The van der Waals surface area contributed by atoms with Gasteiger partial charge >= 0.3 is 5.97 Å². The van der Waals surface area contributed by atoms with E-state index in [2.05, 4.69) is 6.58 Å². The number of carboxylic acids is 1. The molecule has 5 nitrogen and oxygen atoms in total. The molecular formula is C20H15NO4S. The van der Waals surface area contributed by atoms with Crippen molar-refractivity contribution in [2.75, 3.05) is 6.54 Å². The summed E-state index contributed by atoms with van der Waals surface area (Å²) in [5.41, 5.74) is 2.76. The summed E-state index contributed by atoms with van der Waals surface area (Å²) in [5.74, 6) is -1.29. The summed E-state index contributed by atoms with van der Waals surface area (Å²) in [6.45, 7) is 3.75. The van der Waals surface area contributed by atoms with E-state index in [1.807, 2.05) is 24.3 Å². The van der Waals surface area contributed by atoms with Crippen molar-refractivity contribution < 1.29 is 19.5 Å². The third-order valence-electron chi connectivity index (χ3n) is 3.83. The van der Waals surface area contributed by atoms with E-state index in [0.29, 0.717) is 4.91 Å². The summed E-state index contributed by atoms with van der Waals surface area (Å²) in [6, 6.07) is 14.0. The zero-order valence-corrected chi connectivity index (χ0v) is 14.5. The summed E-state index contributed by atoms with van der Waals surface area (Å²) >= 11 is 0.909. The number of carboxylic acid groups (broad SMARTS) is 1. The molecule has 130 valence electrons. The molecule has 1 saturated heterocycles. The van der Waals surface area contributed by atoms with Gasteiger partial charge in [-0.2, -0.15) is 0 Å². The monoisotopic (exact) mass is 365 g/mol. The quantitative estimate of drug-likeness (QED) is 0.632. The van der Waals surface area contributed by atoms with Gasteiger partial charge in [0, 0.05) is 6.54 Å². The third-order valence-corrected chi connectivity index (χ3v) is 4.74. The fourth-order valence-corrected chi connectivity index (χ4v) is 3.40. The van der Waals surface area contributed by atoms with E-state index >= 15 is 0 Å². The molecule has 2 aromatic carbocycles. The minimum Gasteiger partial charge on any atom is -0.478 e. The molecule has 1 heterocycles. The highest BCUT2D eigenvalue weighted by molar-refractivity contribution is 8.18. The molecule has 1 aliphatic heterocycles. The maximum atomic E-state index is 12.3. The molecule has 2 amide bonds. The zero-order valence-electron chi connectivity index (χ0n) is 13.7. The minimum atomic E-state index is -0.972. The maximum Gasteiger partial charge on any atom is 0.335 e. The van der Waals surface area contributed by atoms with Crippen molar-refractivity contribution in [3.63, 3.8) is 0 Å². The highest BCUT2D eigenvalue weighted by atomic mass is 32.2. The SMILES string of the molecule is C=CCN1C(=O)S/C(=C\c2cccc(-c3ccc(C(=O)O)cc3)c2)C1=O. The molecule has 1 N–H and O–H groups in total. The van der Waals surface area contributed by atoms with E-state index in [1.54, 1.807) is 30.3 Å². The van der Waals surface area contributed by atoms with Gasteiger partial charge in [-0.05, 0) is 52.7 Å². The number of benzene rings is 2. The first-order chi connectivity index (χ1) is 12.5. The third kappa shape index (κ3) is 3.60. The van der Waals surface area contributed by atoms with Crippen LogP contribution in [0.1, 0.15) is 15.9 Å². The van der Waals surface area contributed by atoms with Crippen LogP contribution in [-0.2, 0) is 4.79 Å². The number of imide groups is 1. The van der Waals surface area contributed by atoms with E-state index in [1.165, 1.54) is 6.08 Å². The Morgan fingerprint density at radius 1 is 1.12 bits per heavy atom. The van der Waals surface area contributed by atoms with Crippen LogP contribution in [0.4, 0.5) is 4.79 Å². The van der Waals surface area contributed by atoms with Crippen molar-refractivity contribution >= 4 is 35.0 Å². The fourth-order valence-electron chi connectivity index (χ4n) is 2.55. The molecule has 26 heavy (non-hydrogen) atoms. The molecule has 2 aromatic rings. The Bertz CT molecular complexity index is 931. The lowest BCUT2D eigenvalue weighted by Gasteiger charge is -2.08. The second-order valence-corrected chi connectivity index (χ2v) is 6.58. The van der Waals surface area contributed by atoms with Gasteiger partial charge in [0.1, 0.15) is 0 Å². The summed E-state index contributed by atoms with van der Waals surface area (Å²) in [4.78, 5) is 36.6. The predicted molar refractivity (Wildman–Crippen MR) is 102 cm³/mol. The number of amides is 2. The highest BCUT2D eigenvalue weighted by Gasteiger charge is 2.33. The minimum absolute atomic E-state index is 0.192. The number of nitrogens with zero attached hydrogens (tertiary/aromatic N) is 1. The first kappa shape index (κ1) is 17.7. The lowest BCUT2D eigenvalue weighted by atomic mass is 10.0. The van der Waals surface area contributed by atoms with Crippen LogP contribution in [0.25, 0.3) is 17.2 Å². The van der Waals surface area contributed by atoms with Crippen LogP contribution in [0.2, 0.25) is 0 Å². The topological polar surface area (TPSA) is 74.7 Å². The van der Waals surface area contributed by atoms with Gasteiger partial charge < -0.3 is 5.11 Å². The Morgan fingerprint density at radius 3 is 2.50 bits per heavy atom. The van der Waals surface area contributed by atoms with E-state index in [0.717, 1.165) is 33.4 Å². The van der Waals surface area contributed by atoms with Crippen LogP contribution in [0.15, 0.2) is 66.1 Å². The standard InChI is InChI=1S/C20H15NO4S/c1-2-10-21-18(22)17(26-20(21)25)12-13-4-3-5-16(11-13)14-6-8-15(9-7-14)19(23)24/h2-9,11-12H,1,10H2,(H,23,24)/b17-12-. The average Bonchev–Trinajstić information content (AvgIpc) is 2.90. The maximum absolute atomic E-state index is 12.3. The summed E-state index contributed by atoms with van der Waals surface area (Å²) in [7, 11) is 0. The molecule has 0 bridgehead atoms. The number of hydrogen-bond donors (Lipinski definition) is 1. The van der Waals surface area contributed by atoms with E-state index in [9.17, 15) is 14.4 Å². The Hall–Kier alpha value is -3.12. The van der Waals surface area contributed by atoms with Crippen LogP contribution < -0.4 is 0 Å². The van der Waals surface area contributed by atoms with Crippen molar-refractivity contribution in [1.82, 2.24) is 4.90 Å². The normalized spacial score (nSPS) is 15.5. The van der Waals surface area contributed by atoms with Gasteiger partial charge in [0.15, 0.2) is 0 Å². The molecule has 0 spiro atoms. The van der Waals surface area contributed by atoms with Gasteiger partial charge in [0.25, 0.3) is 11.1 Å². The largest absolute Gasteiger partial charge is 0.478 e. The first-order valence-electron chi connectivity index (χ1n) is 7.79. The number of carbonyl (C=O) groups excluding carboxylic acids is 2. The molecule has 0 aliphatic carbocycles. The van der Waals surface area contributed by atoms with Crippen LogP contribution in [-0.4, -0.2) is 33.7 Å². The molecule has 0 unspecified atom stereocenters. The van der Waals surface area contributed by atoms with Crippen molar-refractivity contribution in [1.29, 1.82) is 0 Å². The van der Waals surface area contributed by atoms with E-state index < -0.39 is 5.97 Å². The first-order valence-corrected chi connectivity index (χ1v) is 8.61. The van der Waals surface area contributed by atoms with Crippen molar-refractivity contribution in [2.45, 2.75) is 0 Å². The zero-order chi connectivity index (χ0) is 18.7. The lowest BCUT2D eigenvalue weighted by molar-refractivity contribution is -0.122. The van der Waals surface area contributed by atoms with Crippen LogP contribution >= 0.6 is 11.8 Å².